The van der Waals surface area contributed by atoms with Gasteiger partial charge in [-0.1, -0.05) is 24.5 Å². The summed E-state index contributed by atoms with van der Waals surface area (Å²) in [6.07, 6.45) is 11.6. The molecule has 0 amide bonds. The minimum atomic E-state index is 0.531. The highest BCUT2D eigenvalue weighted by atomic mass is 16.5. The molecule has 2 nitrogen and oxygen atoms in total. The highest BCUT2D eigenvalue weighted by molar-refractivity contribution is 5.11. The number of hydrogen-bond donors (Lipinski definition) is 1. The third kappa shape index (κ3) is 4.80. The van der Waals surface area contributed by atoms with Crippen molar-refractivity contribution in [2.24, 2.45) is 0 Å². The van der Waals surface area contributed by atoms with Gasteiger partial charge in [-0.05, 0) is 39.2 Å². The Bertz CT molecular complexity index is 189. The molecule has 1 aliphatic rings. The average Bonchev–Trinajstić information content (AvgIpc) is 2.21. The van der Waals surface area contributed by atoms with Crippen molar-refractivity contribution in [3.05, 3.63) is 11.6 Å². The zero-order chi connectivity index (χ0) is 10.9. The molecule has 0 aromatic carbocycles. The molecule has 0 saturated heterocycles. The van der Waals surface area contributed by atoms with Crippen LogP contribution < -0.4 is 5.32 Å². The summed E-state index contributed by atoms with van der Waals surface area (Å²) in [4.78, 5) is 0. The maximum absolute atomic E-state index is 5.15. The Labute approximate surface area is 94.1 Å². The molecule has 0 aliphatic heterocycles. The standard InChI is InChI=1S/C13H25NO/c1-14-13(10-11-15-2)12-8-6-4-3-5-7-9-12/h8,13-14H,3-7,9-11H2,1-2H3. The molecule has 0 spiro atoms. The summed E-state index contributed by atoms with van der Waals surface area (Å²) >= 11 is 0. The van der Waals surface area contributed by atoms with Gasteiger partial charge in [0.05, 0.1) is 0 Å². The van der Waals surface area contributed by atoms with E-state index in [1.165, 1.54) is 38.5 Å². The molecule has 0 aromatic rings. The highest BCUT2D eigenvalue weighted by Gasteiger charge is 2.12. The van der Waals surface area contributed by atoms with E-state index in [2.05, 4.69) is 18.4 Å². The average molecular weight is 211 g/mol. The van der Waals surface area contributed by atoms with Crippen LogP contribution in [0.25, 0.3) is 0 Å². The maximum atomic E-state index is 5.15. The van der Waals surface area contributed by atoms with Gasteiger partial charge in [0.1, 0.15) is 0 Å². The summed E-state index contributed by atoms with van der Waals surface area (Å²) in [6, 6.07) is 0.531. The van der Waals surface area contributed by atoms with Crippen LogP contribution in [0, 0.1) is 0 Å². The lowest BCUT2D eigenvalue weighted by Gasteiger charge is -2.21. The summed E-state index contributed by atoms with van der Waals surface area (Å²) in [5.41, 5.74) is 1.61. The van der Waals surface area contributed by atoms with E-state index < -0.39 is 0 Å². The van der Waals surface area contributed by atoms with Crippen LogP contribution in [0.1, 0.15) is 44.9 Å². The third-order valence-corrected chi connectivity index (χ3v) is 3.23. The van der Waals surface area contributed by atoms with E-state index in [0.717, 1.165) is 13.0 Å². The van der Waals surface area contributed by atoms with Crippen molar-refractivity contribution in [2.75, 3.05) is 20.8 Å². The molecule has 1 atom stereocenters. The second-order valence-electron chi connectivity index (χ2n) is 4.35. The van der Waals surface area contributed by atoms with Gasteiger partial charge in [-0.3, -0.25) is 0 Å². The fraction of sp³-hybridized carbons (Fsp3) is 0.846. The Kier molecular flexibility index (Phi) is 6.69. The zero-order valence-electron chi connectivity index (χ0n) is 10.2. The first-order valence-electron chi connectivity index (χ1n) is 6.23. The van der Waals surface area contributed by atoms with Crippen molar-refractivity contribution in [3.63, 3.8) is 0 Å². The van der Waals surface area contributed by atoms with E-state index in [1.807, 2.05) is 0 Å². The predicted molar refractivity (Wildman–Crippen MR) is 65.1 cm³/mol. The first-order valence-corrected chi connectivity index (χ1v) is 6.23. The zero-order valence-corrected chi connectivity index (χ0v) is 10.2. The topological polar surface area (TPSA) is 21.3 Å². The quantitative estimate of drug-likeness (QED) is 0.706. The van der Waals surface area contributed by atoms with E-state index in [4.69, 9.17) is 4.74 Å². The van der Waals surface area contributed by atoms with Crippen LogP contribution >= 0.6 is 0 Å². The fourth-order valence-corrected chi connectivity index (χ4v) is 2.28. The monoisotopic (exact) mass is 211 g/mol. The number of nitrogens with one attached hydrogen (secondary N) is 1. The minimum absolute atomic E-state index is 0.531. The van der Waals surface area contributed by atoms with Crippen molar-refractivity contribution < 1.29 is 4.74 Å². The van der Waals surface area contributed by atoms with Crippen LogP contribution in [0.2, 0.25) is 0 Å². The Morgan fingerprint density at radius 1 is 1.33 bits per heavy atom. The van der Waals surface area contributed by atoms with Crippen molar-refractivity contribution in [2.45, 2.75) is 51.0 Å². The molecular weight excluding hydrogens is 186 g/mol. The van der Waals surface area contributed by atoms with Crippen molar-refractivity contribution in [3.8, 4) is 0 Å². The largest absolute Gasteiger partial charge is 0.385 e. The van der Waals surface area contributed by atoms with Crippen LogP contribution in [-0.2, 0) is 4.74 Å². The summed E-state index contributed by atoms with van der Waals surface area (Å²) in [5.74, 6) is 0. The van der Waals surface area contributed by atoms with Gasteiger partial charge in [0.15, 0.2) is 0 Å². The van der Waals surface area contributed by atoms with Gasteiger partial charge in [-0.2, -0.15) is 0 Å². The van der Waals surface area contributed by atoms with Crippen LogP contribution in [0.5, 0.6) is 0 Å². The molecule has 15 heavy (non-hydrogen) atoms. The fourth-order valence-electron chi connectivity index (χ4n) is 2.28. The van der Waals surface area contributed by atoms with Crippen LogP contribution in [0.15, 0.2) is 11.6 Å². The van der Waals surface area contributed by atoms with E-state index in [-0.39, 0.29) is 0 Å². The first-order chi connectivity index (χ1) is 7.38. The highest BCUT2D eigenvalue weighted by Crippen LogP contribution is 2.20. The molecule has 1 aliphatic carbocycles. The lowest BCUT2D eigenvalue weighted by atomic mass is 9.93. The molecule has 1 unspecified atom stereocenters. The van der Waals surface area contributed by atoms with Crippen molar-refractivity contribution in [1.29, 1.82) is 0 Å². The van der Waals surface area contributed by atoms with E-state index >= 15 is 0 Å². The van der Waals surface area contributed by atoms with Gasteiger partial charge >= 0.3 is 0 Å². The number of ether oxygens (including phenoxy) is 1. The number of hydrogen-bond acceptors (Lipinski definition) is 2. The molecule has 0 bridgehead atoms. The van der Waals surface area contributed by atoms with Gasteiger partial charge in [-0.15, -0.1) is 0 Å². The molecular formula is C13H25NO. The second-order valence-corrected chi connectivity index (χ2v) is 4.35. The third-order valence-electron chi connectivity index (χ3n) is 3.23. The molecule has 1 rings (SSSR count). The normalized spacial score (nSPS) is 20.3. The van der Waals surface area contributed by atoms with Crippen molar-refractivity contribution >= 4 is 0 Å². The Morgan fingerprint density at radius 3 is 2.87 bits per heavy atom. The molecule has 88 valence electrons. The van der Waals surface area contributed by atoms with Gasteiger partial charge in [0, 0.05) is 19.8 Å². The number of likely N-dealkylation sites (N-methyl/N-ethyl adjacent to an activating group) is 1. The second kappa shape index (κ2) is 7.89. The summed E-state index contributed by atoms with van der Waals surface area (Å²) in [5, 5.41) is 3.41. The Balaban J connectivity index is 2.47. The number of rotatable bonds is 5. The van der Waals surface area contributed by atoms with E-state index in [9.17, 15) is 0 Å². The van der Waals surface area contributed by atoms with Crippen LogP contribution in [0.4, 0.5) is 0 Å². The van der Waals surface area contributed by atoms with Crippen LogP contribution in [-0.4, -0.2) is 26.8 Å². The molecule has 1 N–H and O–H groups in total. The maximum Gasteiger partial charge on any atom is 0.0480 e. The molecule has 0 radical (unpaired) electrons. The van der Waals surface area contributed by atoms with Gasteiger partial charge in [0.25, 0.3) is 0 Å². The molecule has 2 heteroatoms. The lowest BCUT2D eigenvalue weighted by Crippen LogP contribution is -2.29. The Hall–Kier alpha value is -0.340. The predicted octanol–water partition coefficient (Wildman–Crippen LogP) is 2.89. The SMILES string of the molecule is CNC(CCOC)C1=CCCCCCC1. The molecule has 0 aromatic heterocycles. The lowest BCUT2D eigenvalue weighted by molar-refractivity contribution is 0.187. The molecule has 0 heterocycles. The summed E-state index contributed by atoms with van der Waals surface area (Å²) in [7, 11) is 3.83. The van der Waals surface area contributed by atoms with Gasteiger partial charge in [-0.25, -0.2) is 0 Å². The van der Waals surface area contributed by atoms with E-state index in [0.29, 0.717) is 6.04 Å². The van der Waals surface area contributed by atoms with Gasteiger partial charge < -0.3 is 10.1 Å². The van der Waals surface area contributed by atoms with Gasteiger partial charge in [0.2, 0.25) is 0 Å². The van der Waals surface area contributed by atoms with E-state index in [1.54, 1.807) is 12.7 Å². The minimum Gasteiger partial charge on any atom is -0.385 e. The molecule has 0 saturated carbocycles. The first kappa shape index (κ1) is 12.7. The number of methoxy groups -OCH3 is 1. The summed E-state index contributed by atoms with van der Waals surface area (Å²) < 4.78 is 5.15. The Morgan fingerprint density at radius 2 is 2.13 bits per heavy atom. The smallest absolute Gasteiger partial charge is 0.0480 e. The summed E-state index contributed by atoms with van der Waals surface area (Å²) in [6.45, 7) is 0.850. The number of allylic oxidation sites excluding steroid dienone is 1. The van der Waals surface area contributed by atoms with Crippen LogP contribution in [0.3, 0.4) is 0 Å². The van der Waals surface area contributed by atoms with Crippen molar-refractivity contribution in [1.82, 2.24) is 5.32 Å². The molecule has 0 fully saturated rings.